The van der Waals surface area contributed by atoms with Gasteiger partial charge in [-0.2, -0.15) is 0 Å². The molecule has 0 saturated carbocycles. The summed E-state index contributed by atoms with van der Waals surface area (Å²) in [6, 6.07) is 15.0. The molecule has 0 aliphatic rings. The van der Waals surface area contributed by atoms with E-state index in [0.29, 0.717) is 11.4 Å². The predicted octanol–water partition coefficient (Wildman–Crippen LogP) is 2.92. The molecule has 2 aromatic carbocycles. The number of carbonyl (C=O) groups excluding carboxylic acids is 2. The number of benzene rings is 2. The summed E-state index contributed by atoms with van der Waals surface area (Å²) in [5.74, 6) is 0.795. The molecule has 26 heavy (non-hydrogen) atoms. The van der Waals surface area contributed by atoms with Gasteiger partial charge in [0, 0.05) is 11.7 Å². The fourth-order valence-electron chi connectivity index (χ4n) is 2.43. The lowest BCUT2D eigenvalue weighted by atomic mass is 10.2. The van der Waals surface area contributed by atoms with Crippen LogP contribution < -0.4 is 15.8 Å². The number of carbonyl (C=O) groups is 2. The molecule has 0 unspecified atom stereocenters. The first kappa shape index (κ1) is 19.5. The molecule has 0 atom stereocenters. The predicted molar refractivity (Wildman–Crippen MR) is 102 cm³/mol. The molecule has 0 saturated heterocycles. The molecular formula is C20H25N3O3. The average Bonchev–Trinajstić information content (AvgIpc) is 2.55. The van der Waals surface area contributed by atoms with Crippen LogP contribution in [0.1, 0.15) is 19.4 Å². The van der Waals surface area contributed by atoms with E-state index < -0.39 is 5.91 Å². The van der Waals surface area contributed by atoms with Crippen LogP contribution in [0.2, 0.25) is 0 Å². The Morgan fingerprint density at radius 1 is 1.08 bits per heavy atom. The maximum Gasteiger partial charge on any atom is 0.238 e. The molecule has 0 fully saturated rings. The molecule has 2 amide bonds. The number of primary amides is 1. The topological polar surface area (TPSA) is 84.7 Å². The maximum atomic E-state index is 12.2. The first-order valence-corrected chi connectivity index (χ1v) is 8.50. The highest BCUT2D eigenvalue weighted by Gasteiger charge is 2.16. The molecule has 0 heterocycles. The van der Waals surface area contributed by atoms with E-state index in [9.17, 15) is 9.59 Å². The van der Waals surface area contributed by atoms with E-state index in [1.807, 2.05) is 45.0 Å². The van der Waals surface area contributed by atoms with Gasteiger partial charge in [0.15, 0.2) is 0 Å². The summed E-state index contributed by atoms with van der Waals surface area (Å²) in [7, 11) is 0. The number of hydrogen-bond donors (Lipinski definition) is 2. The maximum absolute atomic E-state index is 12.2. The second-order valence-corrected chi connectivity index (χ2v) is 6.46. The monoisotopic (exact) mass is 355 g/mol. The normalized spacial score (nSPS) is 10.8. The van der Waals surface area contributed by atoms with Crippen LogP contribution in [0.3, 0.4) is 0 Å². The van der Waals surface area contributed by atoms with Crippen molar-refractivity contribution in [1.29, 1.82) is 0 Å². The Hall–Kier alpha value is -2.86. The summed E-state index contributed by atoms with van der Waals surface area (Å²) in [5, 5.41) is 2.81. The third-order valence-electron chi connectivity index (χ3n) is 3.80. The fourth-order valence-corrected chi connectivity index (χ4v) is 2.43. The lowest BCUT2D eigenvalue weighted by molar-refractivity contribution is -0.121. The molecule has 2 rings (SSSR count). The molecule has 0 aromatic heterocycles. The van der Waals surface area contributed by atoms with Gasteiger partial charge in [-0.25, -0.2) is 0 Å². The molecule has 3 N–H and O–H groups in total. The van der Waals surface area contributed by atoms with E-state index in [-0.39, 0.29) is 25.0 Å². The van der Waals surface area contributed by atoms with Crippen molar-refractivity contribution in [1.82, 2.24) is 4.90 Å². The number of rotatable bonds is 8. The molecular weight excluding hydrogens is 330 g/mol. The van der Waals surface area contributed by atoms with E-state index in [2.05, 4.69) is 5.32 Å². The zero-order valence-corrected chi connectivity index (χ0v) is 15.4. The molecule has 6 heteroatoms. The van der Waals surface area contributed by atoms with Gasteiger partial charge in [-0.05, 0) is 62.7 Å². The first-order chi connectivity index (χ1) is 12.3. The lowest BCUT2D eigenvalue weighted by Gasteiger charge is -2.24. The molecule has 0 spiro atoms. The smallest absolute Gasteiger partial charge is 0.238 e. The second kappa shape index (κ2) is 9.01. The summed E-state index contributed by atoms with van der Waals surface area (Å²) in [6.45, 7) is 5.97. The molecule has 0 aliphatic carbocycles. The van der Waals surface area contributed by atoms with Crippen molar-refractivity contribution in [2.24, 2.45) is 5.73 Å². The van der Waals surface area contributed by atoms with E-state index in [4.69, 9.17) is 10.5 Å². The van der Waals surface area contributed by atoms with Crippen LogP contribution in [0.5, 0.6) is 11.5 Å². The minimum Gasteiger partial charge on any atom is -0.457 e. The SMILES string of the molecule is Cc1cccc(Oc2ccc(NC(=O)CN(CC(N)=O)C(C)C)cc2)c1. The summed E-state index contributed by atoms with van der Waals surface area (Å²) < 4.78 is 5.79. The zero-order chi connectivity index (χ0) is 19.1. The number of aryl methyl sites for hydroxylation is 1. The van der Waals surface area contributed by atoms with E-state index in [1.54, 1.807) is 29.2 Å². The van der Waals surface area contributed by atoms with Crippen molar-refractivity contribution in [3.05, 3.63) is 54.1 Å². The fraction of sp³-hybridized carbons (Fsp3) is 0.300. The lowest BCUT2D eigenvalue weighted by Crippen LogP contribution is -2.43. The van der Waals surface area contributed by atoms with Gasteiger partial charge in [-0.15, -0.1) is 0 Å². The van der Waals surface area contributed by atoms with Gasteiger partial charge >= 0.3 is 0 Å². The molecule has 2 aromatic rings. The van der Waals surface area contributed by atoms with Gasteiger partial charge in [0.25, 0.3) is 0 Å². The first-order valence-electron chi connectivity index (χ1n) is 8.50. The van der Waals surface area contributed by atoms with Crippen molar-refractivity contribution in [3.8, 4) is 11.5 Å². The number of nitrogens with two attached hydrogens (primary N) is 1. The van der Waals surface area contributed by atoms with Crippen molar-refractivity contribution in [2.45, 2.75) is 26.8 Å². The summed E-state index contributed by atoms with van der Waals surface area (Å²) in [5.41, 5.74) is 7.01. The molecule has 0 aliphatic heterocycles. The van der Waals surface area contributed by atoms with Gasteiger partial charge in [0.1, 0.15) is 11.5 Å². The minimum atomic E-state index is -0.454. The molecule has 138 valence electrons. The van der Waals surface area contributed by atoms with Crippen LogP contribution in [0.15, 0.2) is 48.5 Å². The minimum absolute atomic E-state index is 0.0401. The van der Waals surface area contributed by atoms with E-state index in [1.165, 1.54) is 0 Å². The molecule has 0 bridgehead atoms. The standard InChI is InChI=1S/C20H25N3O3/c1-14(2)23(12-19(21)24)13-20(25)22-16-7-9-17(10-8-16)26-18-6-4-5-15(3)11-18/h4-11,14H,12-13H2,1-3H3,(H2,21,24)(H,22,25). The Labute approximate surface area is 153 Å². The summed E-state index contributed by atoms with van der Waals surface area (Å²) in [4.78, 5) is 25.0. The van der Waals surface area contributed by atoms with E-state index in [0.717, 1.165) is 11.3 Å². The highest BCUT2D eigenvalue weighted by molar-refractivity contribution is 5.92. The Bertz CT molecular complexity index is 757. The van der Waals surface area contributed by atoms with Crippen LogP contribution in [0.25, 0.3) is 0 Å². The van der Waals surface area contributed by atoms with E-state index >= 15 is 0 Å². The van der Waals surface area contributed by atoms with Gasteiger partial charge in [0.05, 0.1) is 13.1 Å². The molecule has 0 radical (unpaired) electrons. The Morgan fingerprint density at radius 3 is 2.35 bits per heavy atom. The van der Waals surface area contributed by atoms with Crippen LogP contribution in [0.4, 0.5) is 5.69 Å². The third-order valence-corrected chi connectivity index (χ3v) is 3.80. The van der Waals surface area contributed by atoms with Crippen LogP contribution in [-0.2, 0) is 9.59 Å². The van der Waals surface area contributed by atoms with Gasteiger partial charge in [0.2, 0.25) is 11.8 Å². The number of hydrogen-bond acceptors (Lipinski definition) is 4. The largest absolute Gasteiger partial charge is 0.457 e. The van der Waals surface area contributed by atoms with Crippen LogP contribution in [0, 0.1) is 6.92 Å². The average molecular weight is 355 g/mol. The Morgan fingerprint density at radius 2 is 1.77 bits per heavy atom. The quantitative estimate of drug-likeness (QED) is 0.762. The van der Waals surface area contributed by atoms with Gasteiger partial charge in [-0.3, -0.25) is 14.5 Å². The number of nitrogens with one attached hydrogen (secondary N) is 1. The highest BCUT2D eigenvalue weighted by atomic mass is 16.5. The van der Waals surface area contributed by atoms with Crippen molar-refractivity contribution in [3.63, 3.8) is 0 Å². The third kappa shape index (κ3) is 6.22. The van der Waals surface area contributed by atoms with Crippen LogP contribution in [-0.4, -0.2) is 35.8 Å². The summed E-state index contributed by atoms with van der Waals surface area (Å²) in [6.07, 6.45) is 0. The number of anilines is 1. The van der Waals surface area contributed by atoms with Gasteiger partial charge in [-0.1, -0.05) is 12.1 Å². The Balaban J connectivity index is 1.93. The van der Waals surface area contributed by atoms with Crippen LogP contribution >= 0.6 is 0 Å². The number of ether oxygens (including phenoxy) is 1. The van der Waals surface area contributed by atoms with Crippen molar-refractivity contribution in [2.75, 3.05) is 18.4 Å². The second-order valence-electron chi connectivity index (χ2n) is 6.46. The van der Waals surface area contributed by atoms with Crippen molar-refractivity contribution >= 4 is 17.5 Å². The number of amides is 2. The number of nitrogens with zero attached hydrogens (tertiary/aromatic N) is 1. The van der Waals surface area contributed by atoms with Crippen molar-refractivity contribution < 1.29 is 14.3 Å². The molecule has 6 nitrogen and oxygen atoms in total. The zero-order valence-electron chi connectivity index (χ0n) is 15.4. The van der Waals surface area contributed by atoms with Gasteiger partial charge < -0.3 is 15.8 Å². The summed E-state index contributed by atoms with van der Waals surface area (Å²) >= 11 is 0. The Kier molecular flexibility index (Phi) is 6.74. The highest BCUT2D eigenvalue weighted by Crippen LogP contribution is 2.23.